The fourth-order valence-electron chi connectivity index (χ4n) is 3.91. The monoisotopic (exact) mass is 414 g/mol. The number of benzene rings is 1. The Kier molecular flexibility index (Phi) is 6.16. The molecule has 0 N–H and O–H groups in total. The quantitative estimate of drug-likeness (QED) is 0.755. The molecule has 0 unspecified atom stereocenters. The van der Waals surface area contributed by atoms with Crippen LogP contribution < -0.4 is 4.74 Å². The number of likely N-dealkylation sites (tertiary alicyclic amines) is 1. The van der Waals surface area contributed by atoms with Gasteiger partial charge < -0.3 is 19.3 Å². The summed E-state index contributed by atoms with van der Waals surface area (Å²) in [6.07, 6.45) is 2.62. The molecule has 6 nitrogen and oxygen atoms in total. The van der Waals surface area contributed by atoms with E-state index in [4.69, 9.17) is 9.47 Å². The molecule has 29 heavy (non-hydrogen) atoms. The predicted octanol–water partition coefficient (Wildman–Crippen LogP) is 2.96. The van der Waals surface area contributed by atoms with Gasteiger partial charge in [-0.15, -0.1) is 11.3 Å². The average molecular weight is 415 g/mol. The summed E-state index contributed by atoms with van der Waals surface area (Å²) in [5, 5.41) is 2.10. The van der Waals surface area contributed by atoms with Crippen LogP contribution in [0.1, 0.15) is 33.6 Å². The molecule has 1 aromatic carbocycles. The van der Waals surface area contributed by atoms with Crippen molar-refractivity contribution < 1.29 is 19.1 Å². The summed E-state index contributed by atoms with van der Waals surface area (Å²) in [6.45, 7) is 2.96. The van der Waals surface area contributed by atoms with Crippen LogP contribution in [0.15, 0.2) is 35.7 Å². The van der Waals surface area contributed by atoms with E-state index in [1.54, 1.807) is 11.3 Å². The highest BCUT2D eigenvalue weighted by Gasteiger charge is 2.25. The lowest BCUT2D eigenvalue weighted by molar-refractivity contribution is -0.136. The van der Waals surface area contributed by atoms with Gasteiger partial charge in [-0.2, -0.15) is 0 Å². The molecule has 2 aliphatic rings. The van der Waals surface area contributed by atoms with E-state index >= 15 is 0 Å². The Morgan fingerprint density at radius 3 is 2.55 bits per heavy atom. The van der Waals surface area contributed by atoms with Crippen molar-refractivity contribution in [1.29, 1.82) is 0 Å². The van der Waals surface area contributed by atoms with Crippen molar-refractivity contribution in [3.05, 3.63) is 51.7 Å². The summed E-state index contributed by atoms with van der Waals surface area (Å²) in [5.74, 6) is 0.862. The second kappa shape index (κ2) is 8.97. The van der Waals surface area contributed by atoms with Crippen LogP contribution in [0.2, 0.25) is 0 Å². The van der Waals surface area contributed by atoms with Gasteiger partial charge in [-0.3, -0.25) is 9.59 Å². The highest BCUT2D eigenvalue weighted by Crippen LogP contribution is 2.26. The number of ether oxygens (including phenoxy) is 2. The van der Waals surface area contributed by atoms with Crippen LogP contribution in [-0.2, 0) is 22.5 Å². The minimum Gasteiger partial charge on any atom is -0.490 e. The number of fused-ring (bicyclic) bond motifs is 1. The van der Waals surface area contributed by atoms with Gasteiger partial charge in [0.25, 0.3) is 5.91 Å². The van der Waals surface area contributed by atoms with Crippen LogP contribution >= 0.6 is 11.3 Å². The highest BCUT2D eigenvalue weighted by molar-refractivity contribution is 7.10. The number of nitrogens with zero attached hydrogens (tertiary/aromatic N) is 2. The van der Waals surface area contributed by atoms with Gasteiger partial charge in [0.1, 0.15) is 18.5 Å². The zero-order valence-corrected chi connectivity index (χ0v) is 17.5. The number of carbonyl (C=O) groups excluding carboxylic acids is 2. The molecule has 1 aromatic heterocycles. The molecule has 2 aromatic rings. The van der Waals surface area contributed by atoms with Gasteiger partial charge in [-0.25, -0.2) is 0 Å². The first-order chi connectivity index (χ1) is 14.1. The summed E-state index contributed by atoms with van der Waals surface area (Å²) in [7, 11) is 1.53. The number of amides is 2. The third-order valence-electron chi connectivity index (χ3n) is 5.56. The van der Waals surface area contributed by atoms with E-state index in [1.165, 1.54) is 17.6 Å². The summed E-state index contributed by atoms with van der Waals surface area (Å²) in [4.78, 5) is 29.8. The van der Waals surface area contributed by atoms with Gasteiger partial charge in [0.2, 0.25) is 5.91 Å². The van der Waals surface area contributed by atoms with E-state index < -0.39 is 0 Å². The van der Waals surface area contributed by atoms with E-state index in [0.29, 0.717) is 25.2 Å². The fraction of sp³-hybridized carbons (Fsp3) is 0.455. The maximum absolute atomic E-state index is 12.8. The third kappa shape index (κ3) is 4.62. The number of thiophene rings is 1. The molecule has 4 rings (SSSR count). The first-order valence-corrected chi connectivity index (χ1v) is 10.9. The minimum atomic E-state index is 0.0288. The van der Waals surface area contributed by atoms with Crippen molar-refractivity contribution in [2.75, 3.05) is 33.4 Å². The Balaban J connectivity index is 1.30. The first kappa shape index (κ1) is 19.9. The predicted molar refractivity (Wildman–Crippen MR) is 111 cm³/mol. The Labute approximate surface area is 175 Å². The van der Waals surface area contributed by atoms with Crippen LogP contribution in [0.5, 0.6) is 5.75 Å². The van der Waals surface area contributed by atoms with Crippen molar-refractivity contribution in [1.82, 2.24) is 9.80 Å². The van der Waals surface area contributed by atoms with Crippen LogP contribution in [0.25, 0.3) is 0 Å². The molecule has 0 saturated carbocycles. The molecule has 2 amide bonds. The van der Waals surface area contributed by atoms with Crippen LogP contribution in [0.4, 0.5) is 0 Å². The topological polar surface area (TPSA) is 59.1 Å². The normalized spacial score (nSPS) is 17.1. The SMILES string of the molecule is COCC(=O)N1CCC(Oc2ccc(C(=O)N3CCc4sccc4C3)cc2)CC1. The zero-order valence-electron chi connectivity index (χ0n) is 16.6. The Bertz CT molecular complexity index is 856. The molecule has 0 spiro atoms. The molecule has 0 bridgehead atoms. The van der Waals surface area contributed by atoms with E-state index in [0.717, 1.165) is 31.6 Å². The standard InChI is InChI=1S/C22H26N2O4S/c1-27-15-21(25)23-10-6-19(7-11-23)28-18-4-2-16(3-5-18)22(26)24-12-8-20-17(14-24)9-13-29-20/h2-5,9,13,19H,6-8,10-12,14-15H2,1H3. The smallest absolute Gasteiger partial charge is 0.254 e. The van der Waals surface area contributed by atoms with E-state index in [2.05, 4.69) is 11.4 Å². The van der Waals surface area contributed by atoms with Gasteiger partial charge in [0, 0.05) is 56.6 Å². The molecule has 0 atom stereocenters. The Morgan fingerprint density at radius 1 is 1.07 bits per heavy atom. The molecule has 3 heterocycles. The van der Waals surface area contributed by atoms with Gasteiger partial charge in [0.15, 0.2) is 0 Å². The fourth-order valence-corrected chi connectivity index (χ4v) is 4.80. The summed E-state index contributed by atoms with van der Waals surface area (Å²) >= 11 is 1.77. The molecule has 2 aliphatic heterocycles. The number of rotatable bonds is 5. The molecular weight excluding hydrogens is 388 g/mol. The number of hydrogen-bond acceptors (Lipinski definition) is 5. The number of methoxy groups -OCH3 is 1. The summed E-state index contributed by atoms with van der Waals surface area (Å²) in [5.41, 5.74) is 1.96. The van der Waals surface area contributed by atoms with Crippen LogP contribution in [0.3, 0.4) is 0 Å². The number of carbonyl (C=O) groups is 2. The number of piperidine rings is 1. The van der Waals surface area contributed by atoms with E-state index in [-0.39, 0.29) is 24.5 Å². The van der Waals surface area contributed by atoms with Crippen molar-refractivity contribution in [3.63, 3.8) is 0 Å². The van der Waals surface area contributed by atoms with Crippen LogP contribution in [-0.4, -0.2) is 61.1 Å². The highest BCUT2D eigenvalue weighted by atomic mass is 32.1. The number of hydrogen-bond donors (Lipinski definition) is 0. The van der Waals surface area contributed by atoms with Crippen LogP contribution in [0, 0.1) is 0 Å². The average Bonchev–Trinajstić information content (AvgIpc) is 3.22. The lowest BCUT2D eigenvalue weighted by Gasteiger charge is -2.32. The first-order valence-electron chi connectivity index (χ1n) is 10.0. The molecular formula is C22H26N2O4S. The molecule has 7 heteroatoms. The Hall–Kier alpha value is -2.38. The lowest BCUT2D eigenvalue weighted by Crippen LogP contribution is -2.43. The molecule has 0 radical (unpaired) electrons. The van der Waals surface area contributed by atoms with E-state index in [9.17, 15) is 9.59 Å². The summed E-state index contributed by atoms with van der Waals surface area (Å²) < 4.78 is 11.0. The van der Waals surface area contributed by atoms with E-state index in [1.807, 2.05) is 34.1 Å². The second-order valence-electron chi connectivity index (χ2n) is 7.50. The summed E-state index contributed by atoms with van der Waals surface area (Å²) in [6, 6.07) is 9.55. The molecule has 0 aliphatic carbocycles. The zero-order chi connectivity index (χ0) is 20.2. The van der Waals surface area contributed by atoms with Gasteiger partial charge in [-0.1, -0.05) is 0 Å². The third-order valence-corrected chi connectivity index (χ3v) is 6.58. The van der Waals surface area contributed by atoms with Gasteiger partial charge in [0.05, 0.1) is 0 Å². The maximum Gasteiger partial charge on any atom is 0.254 e. The van der Waals surface area contributed by atoms with Crippen molar-refractivity contribution in [2.45, 2.75) is 31.9 Å². The maximum atomic E-state index is 12.8. The minimum absolute atomic E-state index is 0.0288. The second-order valence-corrected chi connectivity index (χ2v) is 8.50. The van der Waals surface area contributed by atoms with Crippen molar-refractivity contribution in [2.24, 2.45) is 0 Å². The molecule has 1 saturated heterocycles. The largest absolute Gasteiger partial charge is 0.490 e. The van der Waals surface area contributed by atoms with Crippen molar-refractivity contribution in [3.8, 4) is 5.75 Å². The Morgan fingerprint density at radius 2 is 1.83 bits per heavy atom. The molecule has 154 valence electrons. The lowest BCUT2D eigenvalue weighted by atomic mass is 10.1. The van der Waals surface area contributed by atoms with Crippen molar-refractivity contribution >= 4 is 23.2 Å². The molecule has 1 fully saturated rings. The van der Waals surface area contributed by atoms with Gasteiger partial charge in [-0.05, 0) is 47.7 Å². The van der Waals surface area contributed by atoms with Gasteiger partial charge >= 0.3 is 0 Å².